The van der Waals surface area contributed by atoms with Crippen molar-refractivity contribution in [2.75, 3.05) is 26.9 Å². The van der Waals surface area contributed by atoms with Crippen LogP contribution in [0.2, 0.25) is 0 Å². The summed E-state index contributed by atoms with van der Waals surface area (Å²) in [4.78, 5) is 13.8. The van der Waals surface area contributed by atoms with Crippen LogP contribution < -0.4 is 4.74 Å². The molecule has 1 aromatic rings. The van der Waals surface area contributed by atoms with Crippen LogP contribution in [0.1, 0.15) is 19.4 Å². The summed E-state index contributed by atoms with van der Waals surface area (Å²) in [6, 6.07) is 8.81. The lowest BCUT2D eigenvalue weighted by Crippen LogP contribution is -2.41. The minimum Gasteiger partial charge on any atom is -0.484 e. The Hall–Kier alpha value is -2.06. The van der Waals surface area contributed by atoms with Crippen molar-refractivity contribution in [3.8, 4) is 11.8 Å². The molecule has 0 fully saturated rings. The zero-order valence-electron chi connectivity index (χ0n) is 12.1. The van der Waals surface area contributed by atoms with Gasteiger partial charge in [-0.15, -0.1) is 0 Å². The van der Waals surface area contributed by atoms with E-state index in [0.717, 1.165) is 0 Å². The number of ether oxygens (including phenoxy) is 2. The van der Waals surface area contributed by atoms with Crippen LogP contribution in [-0.2, 0) is 9.53 Å². The maximum absolute atomic E-state index is 12.1. The van der Waals surface area contributed by atoms with Crippen LogP contribution >= 0.6 is 0 Å². The SMILES string of the molecule is COCCN(C(=O)COc1ccc(C#N)cc1)C(C)C. The van der Waals surface area contributed by atoms with Gasteiger partial charge in [0.2, 0.25) is 0 Å². The van der Waals surface area contributed by atoms with Crippen LogP contribution in [0, 0.1) is 11.3 Å². The largest absolute Gasteiger partial charge is 0.484 e. The molecule has 0 heterocycles. The van der Waals surface area contributed by atoms with Gasteiger partial charge in [-0.1, -0.05) is 0 Å². The predicted molar refractivity (Wildman–Crippen MR) is 75.4 cm³/mol. The summed E-state index contributed by atoms with van der Waals surface area (Å²) < 4.78 is 10.4. The number of carbonyl (C=O) groups excluding carboxylic acids is 1. The Morgan fingerprint density at radius 2 is 2.00 bits per heavy atom. The molecule has 0 aromatic heterocycles. The van der Waals surface area contributed by atoms with Crippen molar-refractivity contribution >= 4 is 5.91 Å². The van der Waals surface area contributed by atoms with E-state index in [1.165, 1.54) is 0 Å². The Kier molecular flexibility index (Phi) is 6.54. The van der Waals surface area contributed by atoms with Gasteiger partial charge < -0.3 is 14.4 Å². The molecule has 1 amide bonds. The molecule has 0 saturated heterocycles. The Balaban J connectivity index is 2.53. The second kappa shape index (κ2) is 8.18. The second-order valence-corrected chi connectivity index (χ2v) is 4.60. The van der Waals surface area contributed by atoms with Gasteiger partial charge in [-0.25, -0.2) is 0 Å². The molecule has 0 spiro atoms. The van der Waals surface area contributed by atoms with E-state index in [0.29, 0.717) is 24.5 Å². The van der Waals surface area contributed by atoms with Crippen LogP contribution in [0.15, 0.2) is 24.3 Å². The molecule has 108 valence electrons. The highest BCUT2D eigenvalue weighted by Crippen LogP contribution is 2.12. The third-order valence-electron chi connectivity index (χ3n) is 2.83. The van der Waals surface area contributed by atoms with Gasteiger partial charge in [-0.05, 0) is 38.1 Å². The van der Waals surface area contributed by atoms with E-state index in [-0.39, 0.29) is 18.6 Å². The van der Waals surface area contributed by atoms with Gasteiger partial charge in [0.15, 0.2) is 6.61 Å². The highest BCUT2D eigenvalue weighted by Gasteiger charge is 2.17. The molecule has 5 heteroatoms. The summed E-state index contributed by atoms with van der Waals surface area (Å²) in [5.74, 6) is 0.495. The van der Waals surface area contributed by atoms with Gasteiger partial charge in [0.05, 0.1) is 18.2 Å². The number of hydrogen-bond acceptors (Lipinski definition) is 4. The first-order valence-corrected chi connectivity index (χ1v) is 6.50. The second-order valence-electron chi connectivity index (χ2n) is 4.60. The van der Waals surface area contributed by atoms with E-state index in [1.54, 1.807) is 36.3 Å². The fourth-order valence-electron chi connectivity index (χ4n) is 1.71. The number of nitrogens with zero attached hydrogens (tertiary/aromatic N) is 2. The molecule has 0 aliphatic heterocycles. The highest BCUT2D eigenvalue weighted by atomic mass is 16.5. The normalized spacial score (nSPS) is 10.2. The molecule has 0 aliphatic carbocycles. The number of benzene rings is 1. The minimum absolute atomic E-state index is 0.0200. The average Bonchev–Trinajstić information content (AvgIpc) is 2.45. The molecule has 20 heavy (non-hydrogen) atoms. The van der Waals surface area contributed by atoms with Gasteiger partial charge in [-0.3, -0.25) is 4.79 Å². The summed E-state index contributed by atoms with van der Waals surface area (Å²) in [5, 5.41) is 8.70. The van der Waals surface area contributed by atoms with Gasteiger partial charge >= 0.3 is 0 Å². The molecular weight excluding hydrogens is 256 g/mol. The van der Waals surface area contributed by atoms with Crippen molar-refractivity contribution in [2.24, 2.45) is 0 Å². The lowest BCUT2D eigenvalue weighted by Gasteiger charge is -2.26. The maximum atomic E-state index is 12.1. The van der Waals surface area contributed by atoms with E-state index in [2.05, 4.69) is 0 Å². The monoisotopic (exact) mass is 276 g/mol. The molecule has 1 rings (SSSR count). The van der Waals surface area contributed by atoms with Gasteiger partial charge in [0.25, 0.3) is 5.91 Å². The first-order chi connectivity index (χ1) is 9.58. The Morgan fingerprint density at radius 3 is 2.50 bits per heavy atom. The lowest BCUT2D eigenvalue weighted by atomic mass is 10.2. The number of hydrogen-bond donors (Lipinski definition) is 0. The smallest absolute Gasteiger partial charge is 0.260 e. The molecule has 1 aromatic carbocycles. The predicted octanol–water partition coefficient (Wildman–Crippen LogP) is 1.82. The van der Waals surface area contributed by atoms with Crippen molar-refractivity contribution in [2.45, 2.75) is 19.9 Å². The first kappa shape index (κ1) is 16.0. The molecule has 0 saturated carbocycles. The van der Waals surface area contributed by atoms with Crippen molar-refractivity contribution in [3.63, 3.8) is 0 Å². The van der Waals surface area contributed by atoms with Crippen molar-refractivity contribution in [1.82, 2.24) is 4.90 Å². The number of rotatable bonds is 7. The number of methoxy groups -OCH3 is 1. The van der Waals surface area contributed by atoms with E-state index >= 15 is 0 Å². The summed E-state index contributed by atoms with van der Waals surface area (Å²) in [6.45, 7) is 4.93. The van der Waals surface area contributed by atoms with E-state index in [1.807, 2.05) is 19.9 Å². The fraction of sp³-hybridized carbons (Fsp3) is 0.467. The Morgan fingerprint density at radius 1 is 1.35 bits per heavy atom. The molecule has 0 bridgehead atoms. The minimum atomic E-state index is -0.0820. The number of nitriles is 1. The summed E-state index contributed by atoms with van der Waals surface area (Å²) in [6.07, 6.45) is 0. The Bertz CT molecular complexity index is 463. The maximum Gasteiger partial charge on any atom is 0.260 e. The number of carbonyl (C=O) groups is 1. The number of amides is 1. The van der Waals surface area contributed by atoms with E-state index in [9.17, 15) is 4.79 Å². The van der Waals surface area contributed by atoms with Crippen LogP contribution in [0.5, 0.6) is 5.75 Å². The fourth-order valence-corrected chi connectivity index (χ4v) is 1.71. The summed E-state index contributed by atoms with van der Waals surface area (Å²) >= 11 is 0. The van der Waals surface area contributed by atoms with Gasteiger partial charge in [0.1, 0.15) is 5.75 Å². The third kappa shape index (κ3) is 4.90. The third-order valence-corrected chi connectivity index (χ3v) is 2.83. The Labute approximate surface area is 119 Å². The first-order valence-electron chi connectivity index (χ1n) is 6.50. The average molecular weight is 276 g/mol. The van der Waals surface area contributed by atoms with Crippen molar-refractivity contribution < 1.29 is 14.3 Å². The van der Waals surface area contributed by atoms with Crippen molar-refractivity contribution in [1.29, 1.82) is 5.26 Å². The molecule has 0 atom stereocenters. The standard InChI is InChI=1S/C15H20N2O3/c1-12(2)17(8-9-19-3)15(18)11-20-14-6-4-13(10-16)5-7-14/h4-7,12H,8-9,11H2,1-3H3. The topological polar surface area (TPSA) is 62.6 Å². The van der Waals surface area contributed by atoms with Crippen LogP contribution in [0.25, 0.3) is 0 Å². The van der Waals surface area contributed by atoms with Crippen LogP contribution in [0.4, 0.5) is 0 Å². The van der Waals surface area contributed by atoms with Crippen LogP contribution in [0.3, 0.4) is 0 Å². The highest BCUT2D eigenvalue weighted by molar-refractivity contribution is 5.78. The molecule has 0 radical (unpaired) electrons. The molecule has 5 nitrogen and oxygen atoms in total. The molecule has 0 unspecified atom stereocenters. The summed E-state index contributed by atoms with van der Waals surface area (Å²) in [7, 11) is 1.61. The van der Waals surface area contributed by atoms with Gasteiger partial charge in [0, 0.05) is 19.7 Å². The zero-order chi connectivity index (χ0) is 15.0. The lowest BCUT2D eigenvalue weighted by molar-refractivity contribution is -0.135. The van der Waals surface area contributed by atoms with Crippen molar-refractivity contribution in [3.05, 3.63) is 29.8 Å². The molecule has 0 aliphatic rings. The quantitative estimate of drug-likeness (QED) is 0.762. The zero-order valence-corrected chi connectivity index (χ0v) is 12.1. The molecular formula is C15H20N2O3. The van der Waals surface area contributed by atoms with E-state index in [4.69, 9.17) is 14.7 Å². The van der Waals surface area contributed by atoms with Gasteiger partial charge in [-0.2, -0.15) is 5.26 Å². The molecule has 0 N–H and O–H groups in total. The van der Waals surface area contributed by atoms with E-state index < -0.39 is 0 Å². The summed E-state index contributed by atoms with van der Waals surface area (Å²) in [5.41, 5.74) is 0.563. The van der Waals surface area contributed by atoms with Crippen LogP contribution in [-0.4, -0.2) is 43.7 Å².